The van der Waals surface area contributed by atoms with E-state index in [4.69, 9.17) is 4.74 Å². The third-order valence-corrected chi connectivity index (χ3v) is 3.33. The number of carbonyl (C=O) groups is 1. The molecule has 4 heteroatoms. The quantitative estimate of drug-likeness (QED) is 0.589. The van der Waals surface area contributed by atoms with Crippen LogP contribution in [0.3, 0.4) is 0 Å². The molecule has 1 heterocycles. The second-order valence-electron chi connectivity index (χ2n) is 4.91. The molecule has 0 aromatic carbocycles. The minimum Gasteiger partial charge on any atom is -0.448 e. The van der Waals surface area contributed by atoms with Crippen LogP contribution in [-0.4, -0.2) is 15.9 Å². The van der Waals surface area contributed by atoms with E-state index in [1.54, 1.807) is 12.3 Å². The van der Waals surface area contributed by atoms with Gasteiger partial charge in [0.1, 0.15) is 6.33 Å². The first-order chi connectivity index (χ1) is 9.77. The third-order valence-electron chi connectivity index (χ3n) is 3.33. The molecule has 1 aliphatic rings. The van der Waals surface area contributed by atoms with Gasteiger partial charge < -0.3 is 4.74 Å². The monoisotopic (exact) mass is 272 g/mol. The Morgan fingerprint density at radius 2 is 2.30 bits per heavy atom. The van der Waals surface area contributed by atoms with Gasteiger partial charge in [-0.25, -0.2) is 9.97 Å². The van der Waals surface area contributed by atoms with Gasteiger partial charge in [0.15, 0.2) is 5.60 Å². The molecule has 0 radical (unpaired) electrons. The normalized spacial score (nSPS) is 20.9. The fraction of sp³-hybridized carbons (Fsp3) is 0.438. The van der Waals surface area contributed by atoms with Crippen molar-refractivity contribution >= 4 is 5.97 Å². The van der Waals surface area contributed by atoms with E-state index in [-0.39, 0.29) is 5.97 Å². The van der Waals surface area contributed by atoms with E-state index in [0.717, 1.165) is 25.0 Å². The van der Waals surface area contributed by atoms with Crippen LogP contribution in [0.5, 0.6) is 0 Å². The average molecular weight is 272 g/mol. The largest absolute Gasteiger partial charge is 0.448 e. The predicted molar refractivity (Wildman–Crippen MR) is 76.8 cm³/mol. The summed E-state index contributed by atoms with van der Waals surface area (Å²) in [4.78, 5) is 20.2. The van der Waals surface area contributed by atoms with E-state index in [9.17, 15) is 4.79 Å². The maximum Gasteiger partial charge on any atom is 0.307 e. The molecule has 20 heavy (non-hydrogen) atoms. The van der Waals surface area contributed by atoms with Crippen molar-refractivity contribution in [1.29, 1.82) is 0 Å². The Labute approximate surface area is 119 Å². The number of rotatable bonds is 6. The molecule has 1 aromatic rings. The van der Waals surface area contributed by atoms with Crippen LogP contribution in [0.4, 0.5) is 0 Å². The summed E-state index contributed by atoms with van der Waals surface area (Å²) in [5.74, 6) is -0.169. The summed E-state index contributed by atoms with van der Waals surface area (Å²) in [5, 5.41) is 0. The Balaban J connectivity index is 2.11. The molecule has 0 spiro atoms. The van der Waals surface area contributed by atoms with Crippen LogP contribution in [-0.2, 0) is 15.1 Å². The predicted octanol–water partition coefficient (Wildman–Crippen LogP) is 3.31. The minimum atomic E-state index is -0.777. The number of hydrogen-bond donors (Lipinski definition) is 0. The summed E-state index contributed by atoms with van der Waals surface area (Å²) in [6.45, 7) is 2.11. The fourth-order valence-corrected chi connectivity index (χ4v) is 2.23. The van der Waals surface area contributed by atoms with Crippen LogP contribution in [0.25, 0.3) is 0 Å². The lowest BCUT2D eigenvalue weighted by Crippen LogP contribution is -2.32. The van der Waals surface area contributed by atoms with Crippen LogP contribution in [0, 0.1) is 0 Å². The maximum atomic E-state index is 12.0. The smallest absolute Gasteiger partial charge is 0.307 e. The second-order valence-corrected chi connectivity index (χ2v) is 4.91. The summed E-state index contributed by atoms with van der Waals surface area (Å²) < 4.78 is 5.74. The van der Waals surface area contributed by atoms with Crippen molar-refractivity contribution < 1.29 is 9.53 Å². The van der Waals surface area contributed by atoms with Gasteiger partial charge in [0.05, 0.1) is 5.69 Å². The summed E-state index contributed by atoms with van der Waals surface area (Å²) in [6.07, 6.45) is 14.9. The van der Waals surface area contributed by atoms with Crippen molar-refractivity contribution in [3.8, 4) is 0 Å². The zero-order valence-corrected chi connectivity index (χ0v) is 11.8. The lowest BCUT2D eigenvalue weighted by Gasteiger charge is -2.30. The topological polar surface area (TPSA) is 52.1 Å². The van der Waals surface area contributed by atoms with Crippen molar-refractivity contribution in [3.63, 3.8) is 0 Å². The zero-order chi connectivity index (χ0) is 14.3. The van der Waals surface area contributed by atoms with Crippen LogP contribution in [0.2, 0.25) is 0 Å². The third kappa shape index (κ3) is 3.53. The number of esters is 1. The molecule has 1 atom stereocenters. The molecule has 1 unspecified atom stereocenters. The summed E-state index contributed by atoms with van der Waals surface area (Å²) in [7, 11) is 0. The molecule has 1 aromatic heterocycles. The van der Waals surface area contributed by atoms with E-state index in [2.05, 4.69) is 16.9 Å². The van der Waals surface area contributed by atoms with Crippen molar-refractivity contribution in [3.05, 3.63) is 48.6 Å². The van der Waals surface area contributed by atoms with Crippen molar-refractivity contribution in [2.24, 2.45) is 0 Å². The number of ether oxygens (including phenoxy) is 1. The minimum absolute atomic E-state index is 0.169. The van der Waals surface area contributed by atoms with Crippen molar-refractivity contribution in [2.45, 2.75) is 44.6 Å². The van der Waals surface area contributed by atoms with E-state index >= 15 is 0 Å². The van der Waals surface area contributed by atoms with Gasteiger partial charge in [-0.3, -0.25) is 4.79 Å². The molecular formula is C16H20N2O2. The van der Waals surface area contributed by atoms with Crippen molar-refractivity contribution in [2.75, 3.05) is 0 Å². The highest BCUT2D eigenvalue weighted by atomic mass is 16.6. The van der Waals surface area contributed by atoms with Gasteiger partial charge in [0.25, 0.3) is 0 Å². The highest BCUT2D eigenvalue weighted by Gasteiger charge is 2.34. The molecule has 0 bridgehead atoms. The Morgan fingerprint density at radius 3 is 2.95 bits per heavy atom. The molecule has 106 valence electrons. The Hall–Kier alpha value is -1.97. The average Bonchev–Trinajstić information content (AvgIpc) is 2.49. The Kier molecular flexibility index (Phi) is 5.04. The first-order valence-electron chi connectivity index (χ1n) is 7.09. The molecule has 0 N–H and O–H groups in total. The first kappa shape index (κ1) is 14.4. The Bertz CT molecular complexity index is 496. The highest BCUT2D eigenvalue weighted by molar-refractivity contribution is 5.70. The maximum absolute atomic E-state index is 12.0. The van der Waals surface area contributed by atoms with Gasteiger partial charge in [0, 0.05) is 19.0 Å². The lowest BCUT2D eigenvalue weighted by atomic mass is 9.91. The highest BCUT2D eigenvalue weighted by Crippen LogP contribution is 2.33. The molecule has 0 aliphatic heterocycles. The van der Waals surface area contributed by atoms with E-state index in [1.807, 2.05) is 24.3 Å². The summed E-state index contributed by atoms with van der Waals surface area (Å²) in [5.41, 5.74) is -0.0574. The first-order valence-corrected chi connectivity index (χ1v) is 7.09. The lowest BCUT2D eigenvalue weighted by molar-refractivity contribution is -0.156. The summed E-state index contributed by atoms with van der Waals surface area (Å²) in [6, 6.07) is 1.79. The number of hydrogen-bond acceptors (Lipinski definition) is 4. The molecule has 0 saturated heterocycles. The van der Waals surface area contributed by atoms with Crippen LogP contribution in [0.1, 0.15) is 44.7 Å². The van der Waals surface area contributed by atoms with Crippen LogP contribution < -0.4 is 0 Å². The number of aromatic nitrogens is 2. The van der Waals surface area contributed by atoms with Gasteiger partial charge in [-0.1, -0.05) is 38.0 Å². The van der Waals surface area contributed by atoms with E-state index in [0.29, 0.717) is 12.8 Å². The van der Waals surface area contributed by atoms with Gasteiger partial charge in [-0.15, -0.1) is 0 Å². The van der Waals surface area contributed by atoms with E-state index in [1.165, 1.54) is 6.33 Å². The molecule has 0 saturated carbocycles. The number of unbranched alkanes of at least 4 members (excludes halogenated alkanes) is 2. The molecule has 1 aliphatic carbocycles. The van der Waals surface area contributed by atoms with Crippen LogP contribution in [0.15, 0.2) is 42.9 Å². The standard InChI is InChI=1S/C16H20N2O2/c1-2-3-5-8-15(19)20-16(10-6-4-7-11-16)14-9-12-17-13-18-14/h4,6-7,9-10,12-13H,2-3,5,8,11H2,1H3. The fourth-order valence-electron chi connectivity index (χ4n) is 2.23. The van der Waals surface area contributed by atoms with Gasteiger partial charge >= 0.3 is 5.97 Å². The van der Waals surface area contributed by atoms with Gasteiger partial charge in [-0.05, 0) is 18.6 Å². The number of nitrogens with zero attached hydrogens (tertiary/aromatic N) is 2. The summed E-state index contributed by atoms with van der Waals surface area (Å²) >= 11 is 0. The zero-order valence-electron chi connectivity index (χ0n) is 11.8. The molecular weight excluding hydrogens is 252 g/mol. The number of carbonyl (C=O) groups excluding carboxylic acids is 1. The molecule has 0 amide bonds. The van der Waals surface area contributed by atoms with E-state index < -0.39 is 5.60 Å². The Morgan fingerprint density at radius 1 is 1.40 bits per heavy atom. The van der Waals surface area contributed by atoms with Gasteiger partial charge in [0.2, 0.25) is 0 Å². The molecule has 4 nitrogen and oxygen atoms in total. The molecule has 0 fully saturated rings. The molecule has 2 rings (SSSR count). The van der Waals surface area contributed by atoms with Crippen molar-refractivity contribution in [1.82, 2.24) is 9.97 Å². The van der Waals surface area contributed by atoms with Crippen LogP contribution >= 0.6 is 0 Å². The second kappa shape index (κ2) is 6.98. The van der Waals surface area contributed by atoms with Gasteiger partial charge in [-0.2, -0.15) is 0 Å². The number of allylic oxidation sites excluding steroid dienone is 2. The SMILES string of the molecule is CCCCCC(=O)OC1(c2ccncn2)C=CC=CC1.